The first-order chi connectivity index (χ1) is 14.7. The lowest BCUT2D eigenvalue weighted by Crippen LogP contribution is -2.18. The summed E-state index contributed by atoms with van der Waals surface area (Å²) >= 11 is 0. The molecule has 0 aliphatic carbocycles. The number of halogens is 1. The summed E-state index contributed by atoms with van der Waals surface area (Å²) in [5.41, 5.74) is 2.07. The molecule has 0 saturated heterocycles. The van der Waals surface area contributed by atoms with E-state index in [0.29, 0.717) is 35.2 Å². The fourth-order valence-electron chi connectivity index (χ4n) is 3.32. The van der Waals surface area contributed by atoms with Gasteiger partial charge >= 0.3 is 0 Å². The summed E-state index contributed by atoms with van der Waals surface area (Å²) in [5, 5.41) is 11.0. The predicted molar refractivity (Wildman–Crippen MR) is 118 cm³/mol. The minimum atomic E-state index is -3.35. The third-order valence-electron chi connectivity index (χ3n) is 4.73. The van der Waals surface area contributed by atoms with Crippen LogP contribution in [0.3, 0.4) is 0 Å². The number of H-pyrrole nitrogens is 1. The zero-order valence-corrected chi connectivity index (χ0v) is 18.0. The van der Waals surface area contributed by atoms with Crippen LogP contribution in [0, 0.1) is 12.7 Å². The number of benzene rings is 2. The van der Waals surface area contributed by atoms with Gasteiger partial charge < -0.3 is 10.2 Å². The van der Waals surface area contributed by atoms with Gasteiger partial charge in [0, 0.05) is 30.1 Å². The Balaban J connectivity index is 1.69. The van der Waals surface area contributed by atoms with Crippen molar-refractivity contribution in [1.29, 1.82) is 0 Å². The van der Waals surface area contributed by atoms with E-state index >= 15 is 0 Å². The van der Waals surface area contributed by atoms with Crippen molar-refractivity contribution in [2.24, 2.45) is 0 Å². The van der Waals surface area contributed by atoms with Gasteiger partial charge in [-0.05, 0) is 61.9 Å². The van der Waals surface area contributed by atoms with E-state index < -0.39 is 9.84 Å². The standard InChI is InChI=1S/C21H21FN6O2S/c1-4-28(20-17-11-14(22)5-6-18(17)26-27-20)19-7-8-23-21(25-19)24-15-9-13(2)10-16(12-15)31(3,29)30/h5-12H,4H2,1-3H3,(H,26,27)(H,23,24,25). The maximum atomic E-state index is 13.8. The van der Waals surface area contributed by atoms with Crippen molar-refractivity contribution in [1.82, 2.24) is 20.2 Å². The van der Waals surface area contributed by atoms with Crippen LogP contribution >= 0.6 is 0 Å². The number of fused-ring (bicyclic) bond motifs is 1. The van der Waals surface area contributed by atoms with E-state index in [1.807, 2.05) is 24.8 Å². The third-order valence-corrected chi connectivity index (χ3v) is 5.82. The van der Waals surface area contributed by atoms with E-state index in [9.17, 15) is 12.8 Å². The largest absolute Gasteiger partial charge is 0.324 e. The van der Waals surface area contributed by atoms with Crippen molar-refractivity contribution in [3.63, 3.8) is 0 Å². The molecule has 2 aromatic heterocycles. The summed E-state index contributed by atoms with van der Waals surface area (Å²) in [6.45, 7) is 4.29. The second kappa shape index (κ2) is 7.95. The number of aromatic nitrogens is 4. The number of aryl methyl sites for hydroxylation is 1. The van der Waals surface area contributed by atoms with Crippen molar-refractivity contribution in [2.75, 3.05) is 23.0 Å². The SMILES string of the molecule is CCN(c1ccnc(Nc2cc(C)cc(S(C)(=O)=O)c2)n1)c1n[nH]c2ccc(F)cc12. The molecule has 0 amide bonds. The van der Waals surface area contributed by atoms with Crippen LogP contribution in [-0.4, -0.2) is 41.4 Å². The molecule has 0 spiro atoms. The summed E-state index contributed by atoms with van der Waals surface area (Å²) < 4.78 is 37.6. The highest BCUT2D eigenvalue weighted by atomic mass is 32.2. The summed E-state index contributed by atoms with van der Waals surface area (Å²) in [7, 11) is -3.35. The highest BCUT2D eigenvalue weighted by Crippen LogP contribution is 2.30. The Bertz CT molecular complexity index is 1370. The fourth-order valence-corrected chi connectivity index (χ4v) is 4.06. The first-order valence-electron chi connectivity index (χ1n) is 9.57. The average Bonchev–Trinajstić information content (AvgIpc) is 3.11. The maximum Gasteiger partial charge on any atom is 0.229 e. The number of nitrogens with one attached hydrogen (secondary N) is 2. The van der Waals surface area contributed by atoms with Gasteiger partial charge in [0.2, 0.25) is 5.95 Å². The number of rotatable bonds is 6. The Morgan fingerprint density at radius 1 is 1.16 bits per heavy atom. The van der Waals surface area contributed by atoms with E-state index in [1.54, 1.807) is 30.5 Å². The smallest absolute Gasteiger partial charge is 0.229 e. The van der Waals surface area contributed by atoms with Gasteiger partial charge in [-0.1, -0.05) is 0 Å². The Morgan fingerprint density at radius 3 is 2.71 bits per heavy atom. The lowest BCUT2D eigenvalue weighted by Gasteiger charge is -2.20. The molecule has 160 valence electrons. The van der Waals surface area contributed by atoms with Gasteiger partial charge in [-0.2, -0.15) is 10.1 Å². The number of aromatic amines is 1. The second-order valence-corrected chi connectivity index (χ2v) is 9.17. The van der Waals surface area contributed by atoms with Crippen LogP contribution in [0.25, 0.3) is 10.9 Å². The summed E-state index contributed by atoms with van der Waals surface area (Å²) in [6.07, 6.45) is 2.76. The first kappa shape index (κ1) is 20.7. The van der Waals surface area contributed by atoms with Crippen LogP contribution in [0.2, 0.25) is 0 Å². The Morgan fingerprint density at radius 2 is 1.97 bits per heavy atom. The molecule has 0 atom stereocenters. The van der Waals surface area contributed by atoms with Gasteiger partial charge in [0.25, 0.3) is 0 Å². The Kier molecular flexibility index (Phi) is 5.32. The van der Waals surface area contributed by atoms with Crippen LogP contribution < -0.4 is 10.2 Å². The molecule has 4 rings (SSSR count). The third kappa shape index (κ3) is 4.33. The number of hydrogen-bond acceptors (Lipinski definition) is 7. The van der Waals surface area contributed by atoms with Gasteiger partial charge in [0.15, 0.2) is 15.7 Å². The molecular weight excluding hydrogens is 419 g/mol. The summed E-state index contributed by atoms with van der Waals surface area (Å²) in [4.78, 5) is 10.8. The van der Waals surface area contributed by atoms with Crippen LogP contribution in [0.15, 0.2) is 53.6 Å². The van der Waals surface area contributed by atoms with Crippen molar-refractivity contribution in [3.05, 3.63) is 60.0 Å². The van der Waals surface area contributed by atoms with Crippen molar-refractivity contribution >= 4 is 44.0 Å². The first-order valence-corrected chi connectivity index (χ1v) is 11.5. The molecule has 0 aliphatic rings. The molecule has 0 unspecified atom stereocenters. The zero-order valence-electron chi connectivity index (χ0n) is 17.2. The molecule has 4 aromatic rings. The molecule has 0 bridgehead atoms. The second-order valence-electron chi connectivity index (χ2n) is 7.15. The summed E-state index contributed by atoms with van der Waals surface area (Å²) in [5.74, 6) is 1.06. The van der Waals surface area contributed by atoms with E-state index in [4.69, 9.17) is 0 Å². The number of hydrogen-bond donors (Lipinski definition) is 2. The molecular formula is C21H21FN6O2S. The molecule has 2 heterocycles. The van der Waals surface area contributed by atoms with Crippen molar-refractivity contribution in [3.8, 4) is 0 Å². The lowest BCUT2D eigenvalue weighted by atomic mass is 10.2. The Labute approximate surface area is 179 Å². The van der Waals surface area contributed by atoms with Gasteiger partial charge in [-0.25, -0.2) is 17.8 Å². The monoisotopic (exact) mass is 440 g/mol. The minimum Gasteiger partial charge on any atom is -0.324 e. The topological polar surface area (TPSA) is 104 Å². The molecule has 31 heavy (non-hydrogen) atoms. The van der Waals surface area contributed by atoms with Gasteiger partial charge in [0.1, 0.15) is 11.6 Å². The maximum absolute atomic E-state index is 13.8. The van der Waals surface area contributed by atoms with Gasteiger partial charge in [-0.3, -0.25) is 5.10 Å². The van der Waals surface area contributed by atoms with Crippen LogP contribution in [0.1, 0.15) is 12.5 Å². The van der Waals surface area contributed by atoms with E-state index in [-0.39, 0.29) is 10.7 Å². The summed E-state index contributed by atoms with van der Waals surface area (Å²) in [6, 6.07) is 11.1. The van der Waals surface area contributed by atoms with Crippen LogP contribution in [0.4, 0.5) is 27.7 Å². The molecule has 0 saturated carbocycles. The molecule has 0 fully saturated rings. The van der Waals surface area contributed by atoms with Gasteiger partial charge in [-0.15, -0.1) is 0 Å². The quantitative estimate of drug-likeness (QED) is 0.465. The van der Waals surface area contributed by atoms with Crippen molar-refractivity contribution in [2.45, 2.75) is 18.7 Å². The normalized spacial score (nSPS) is 11.6. The van der Waals surface area contributed by atoms with E-state index in [0.717, 1.165) is 11.1 Å². The molecule has 2 N–H and O–H groups in total. The minimum absolute atomic E-state index is 0.214. The van der Waals surface area contributed by atoms with E-state index in [2.05, 4.69) is 25.5 Å². The highest BCUT2D eigenvalue weighted by Gasteiger charge is 2.17. The van der Waals surface area contributed by atoms with Crippen LogP contribution in [-0.2, 0) is 9.84 Å². The highest BCUT2D eigenvalue weighted by molar-refractivity contribution is 7.90. The average molecular weight is 441 g/mol. The molecule has 8 nitrogen and oxygen atoms in total. The van der Waals surface area contributed by atoms with Crippen molar-refractivity contribution < 1.29 is 12.8 Å². The predicted octanol–water partition coefficient (Wildman–Crippen LogP) is 4.11. The zero-order chi connectivity index (χ0) is 22.2. The molecule has 2 aromatic carbocycles. The molecule has 0 aliphatic heterocycles. The molecule has 0 radical (unpaired) electrons. The Hall–Kier alpha value is -3.53. The van der Waals surface area contributed by atoms with Gasteiger partial charge in [0.05, 0.1) is 10.4 Å². The molecule has 10 heteroatoms. The number of sulfone groups is 1. The number of anilines is 4. The fraction of sp³-hybridized carbons (Fsp3) is 0.190. The lowest BCUT2D eigenvalue weighted by molar-refractivity contribution is 0.602. The van der Waals surface area contributed by atoms with Crippen LogP contribution in [0.5, 0.6) is 0 Å². The number of nitrogens with zero attached hydrogens (tertiary/aromatic N) is 4. The van der Waals surface area contributed by atoms with E-state index in [1.165, 1.54) is 18.4 Å².